The van der Waals surface area contributed by atoms with Gasteiger partial charge in [0.2, 0.25) is 0 Å². The van der Waals surface area contributed by atoms with Gasteiger partial charge in [-0.05, 0) is 32.9 Å². The number of rotatable bonds is 4. The second-order valence-corrected chi connectivity index (χ2v) is 5.57. The molecule has 0 radical (unpaired) electrons. The van der Waals surface area contributed by atoms with Gasteiger partial charge in [0.25, 0.3) is 0 Å². The Labute approximate surface area is 111 Å². The molecule has 0 fully saturated rings. The van der Waals surface area contributed by atoms with E-state index in [-0.39, 0.29) is 6.04 Å². The molecule has 5 heteroatoms. The Morgan fingerprint density at radius 1 is 1.17 bits per heavy atom. The molecule has 2 N–H and O–H groups in total. The van der Waals surface area contributed by atoms with Crippen LogP contribution in [0.15, 0.2) is 18.2 Å². The van der Waals surface area contributed by atoms with Crippen LogP contribution in [0.2, 0.25) is 0 Å². The molecular weight excluding hydrogens is 244 g/mol. The summed E-state index contributed by atoms with van der Waals surface area (Å²) in [4.78, 5) is 11.3. The third-order valence-corrected chi connectivity index (χ3v) is 3.83. The highest BCUT2D eigenvalue weighted by Gasteiger charge is 2.09. The molecule has 0 aromatic carbocycles. The van der Waals surface area contributed by atoms with Crippen LogP contribution in [0.3, 0.4) is 0 Å². The van der Waals surface area contributed by atoms with Gasteiger partial charge in [0.15, 0.2) is 0 Å². The molecule has 0 aliphatic heterocycles. The van der Waals surface area contributed by atoms with E-state index in [1.54, 1.807) is 0 Å². The van der Waals surface area contributed by atoms with Crippen molar-refractivity contribution in [3.8, 4) is 0 Å². The average molecular weight is 262 g/mol. The number of nitrogens with zero attached hydrogens (tertiary/aromatic N) is 2. The quantitative estimate of drug-likeness (QED) is 0.887. The van der Waals surface area contributed by atoms with Crippen molar-refractivity contribution in [1.82, 2.24) is 9.97 Å². The summed E-state index contributed by atoms with van der Waals surface area (Å²) < 4.78 is 0. The van der Waals surface area contributed by atoms with E-state index >= 15 is 0 Å². The average Bonchev–Trinajstić information content (AvgIpc) is 2.75. The fraction of sp³-hybridized carbons (Fsp3) is 0.385. The molecule has 4 nitrogen and oxygen atoms in total. The molecule has 0 aliphatic carbocycles. The number of hydrogen-bond donors (Lipinski definition) is 2. The molecule has 2 aromatic rings. The van der Waals surface area contributed by atoms with Gasteiger partial charge in [-0.2, -0.15) is 0 Å². The predicted molar refractivity (Wildman–Crippen MR) is 77.4 cm³/mol. The molecule has 0 spiro atoms. The lowest BCUT2D eigenvalue weighted by atomic mass is 10.2. The summed E-state index contributed by atoms with van der Waals surface area (Å²) in [5, 5.41) is 6.44. The summed E-state index contributed by atoms with van der Waals surface area (Å²) >= 11 is 1.81. The van der Waals surface area contributed by atoms with Crippen molar-refractivity contribution in [3.05, 3.63) is 33.8 Å². The number of aryl methyl sites for hydroxylation is 2. The minimum atomic E-state index is 0.253. The van der Waals surface area contributed by atoms with Crippen LogP contribution in [0.1, 0.15) is 28.5 Å². The van der Waals surface area contributed by atoms with E-state index in [0.717, 1.165) is 17.5 Å². The number of hydrogen-bond acceptors (Lipinski definition) is 5. The van der Waals surface area contributed by atoms with Crippen LogP contribution in [-0.4, -0.2) is 17.0 Å². The van der Waals surface area contributed by atoms with Crippen LogP contribution in [0.4, 0.5) is 11.6 Å². The molecule has 2 heterocycles. The van der Waals surface area contributed by atoms with Gasteiger partial charge >= 0.3 is 0 Å². The predicted octanol–water partition coefficient (Wildman–Crippen LogP) is 3.37. The van der Waals surface area contributed by atoms with Crippen LogP contribution in [0.25, 0.3) is 0 Å². The zero-order valence-corrected chi connectivity index (χ0v) is 11.9. The van der Waals surface area contributed by atoms with Gasteiger partial charge in [0.1, 0.15) is 17.5 Å². The maximum atomic E-state index is 4.40. The highest BCUT2D eigenvalue weighted by Crippen LogP contribution is 2.25. The van der Waals surface area contributed by atoms with E-state index in [1.807, 2.05) is 31.4 Å². The third-order valence-electron chi connectivity index (χ3n) is 2.65. The minimum absolute atomic E-state index is 0.253. The highest BCUT2D eigenvalue weighted by atomic mass is 32.1. The molecule has 2 aromatic heterocycles. The van der Waals surface area contributed by atoms with Crippen molar-refractivity contribution in [1.29, 1.82) is 0 Å². The van der Waals surface area contributed by atoms with Gasteiger partial charge in [0, 0.05) is 22.9 Å². The lowest BCUT2D eigenvalue weighted by Gasteiger charge is -2.14. The van der Waals surface area contributed by atoms with Crippen molar-refractivity contribution in [2.24, 2.45) is 0 Å². The van der Waals surface area contributed by atoms with Gasteiger partial charge in [-0.15, -0.1) is 11.3 Å². The molecule has 0 amide bonds. The SMILES string of the molecule is CNc1cc(NC(C)c2ccc(C)s2)nc(C)n1. The highest BCUT2D eigenvalue weighted by molar-refractivity contribution is 7.12. The van der Waals surface area contributed by atoms with Crippen molar-refractivity contribution in [3.63, 3.8) is 0 Å². The van der Waals surface area contributed by atoms with Crippen LogP contribution < -0.4 is 10.6 Å². The molecule has 2 rings (SSSR count). The Morgan fingerprint density at radius 3 is 2.50 bits per heavy atom. The lowest BCUT2D eigenvalue weighted by Crippen LogP contribution is -2.08. The maximum absolute atomic E-state index is 4.40. The molecule has 96 valence electrons. The van der Waals surface area contributed by atoms with Crippen LogP contribution in [-0.2, 0) is 0 Å². The first kappa shape index (κ1) is 12.8. The lowest BCUT2D eigenvalue weighted by molar-refractivity contribution is 0.887. The molecule has 0 saturated heterocycles. The van der Waals surface area contributed by atoms with E-state index in [1.165, 1.54) is 9.75 Å². The Morgan fingerprint density at radius 2 is 1.89 bits per heavy atom. The third kappa shape index (κ3) is 2.98. The molecule has 18 heavy (non-hydrogen) atoms. The van der Waals surface area contributed by atoms with Gasteiger partial charge in [0.05, 0.1) is 6.04 Å². The second kappa shape index (κ2) is 5.35. The van der Waals surface area contributed by atoms with Crippen LogP contribution in [0, 0.1) is 13.8 Å². The van der Waals surface area contributed by atoms with E-state index in [4.69, 9.17) is 0 Å². The summed E-state index contributed by atoms with van der Waals surface area (Å²) in [7, 11) is 1.86. The number of nitrogens with one attached hydrogen (secondary N) is 2. The van der Waals surface area contributed by atoms with Gasteiger partial charge < -0.3 is 10.6 Å². The first-order chi connectivity index (χ1) is 8.58. The topological polar surface area (TPSA) is 49.8 Å². The first-order valence-electron chi connectivity index (χ1n) is 5.95. The van der Waals surface area contributed by atoms with Crippen molar-refractivity contribution in [2.45, 2.75) is 26.8 Å². The summed E-state index contributed by atoms with van der Waals surface area (Å²) in [6, 6.07) is 6.47. The Kier molecular flexibility index (Phi) is 3.81. The van der Waals surface area contributed by atoms with E-state index in [0.29, 0.717) is 0 Å². The van der Waals surface area contributed by atoms with Gasteiger partial charge in [-0.25, -0.2) is 9.97 Å². The standard InChI is InChI=1S/C13H18N4S/c1-8-5-6-11(18-8)9(2)15-13-7-12(14-4)16-10(3)17-13/h5-7,9H,1-4H3,(H2,14,15,16,17). The van der Waals surface area contributed by atoms with E-state index in [9.17, 15) is 0 Å². The van der Waals surface area contributed by atoms with Gasteiger partial charge in [-0.3, -0.25) is 0 Å². The number of thiophene rings is 1. The molecule has 1 atom stereocenters. The number of aromatic nitrogens is 2. The number of anilines is 2. The van der Waals surface area contributed by atoms with Crippen molar-refractivity contribution < 1.29 is 0 Å². The fourth-order valence-corrected chi connectivity index (χ4v) is 2.63. The van der Waals surface area contributed by atoms with Crippen molar-refractivity contribution in [2.75, 3.05) is 17.7 Å². The molecule has 0 saturated carbocycles. The monoisotopic (exact) mass is 262 g/mol. The summed E-state index contributed by atoms with van der Waals surface area (Å²) in [6.45, 7) is 6.16. The zero-order chi connectivity index (χ0) is 13.1. The summed E-state index contributed by atoms with van der Waals surface area (Å²) in [5.74, 6) is 2.45. The Balaban J connectivity index is 2.16. The largest absolute Gasteiger partial charge is 0.373 e. The smallest absolute Gasteiger partial charge is 0.132 e. The maximum Gasteiger partial charge on any atom is 0.132 e. The van der Waals surface area contributed by atoms with E-state index < -0.39 is 0 Å². The van der Waals surface area contributed by atoms with Gasteiger partial charge in [-0.1, -0.05) is 0 Å². The zero-order valence-electron chi connectivity index (χ0n) is 11.1. The molecule has 1 unspecified atom stereocenters. The Bertz CT molecular complexity index is 536. The van der Waals surface area contributed by atoms with Crippen LogP contribution >= 0.6 is 11.3 Å². The molecular formula is C13H18N4S. The van der Waals surface area contributed by atoms with E-state index in [2.05, 4.69) is 46.6 Å². The fourth-order valence-electron chi connectivity index (χ4n) is 1.75. The first-order valence-corrected chi connectivity index (χ1v) is 6.76. The normalized spacial score (nSPS) is 12.2. The van der Waals surface area contributed by atoms with Crippen LogP contribution in [0.5, 0.6) is 0 Å². The molecule has 0 bridgehead atoms. The summed E-state index contributed by atoms with van der Waals surface area (Å²) in [6.07, 6.45) is 0. The second-order valence-electron chi connectivity index (χ2n) is 4.25. The van der Waals surface area contributed by atoms with Crippen molar-refractivity contribution >= 4 is 23.0 Å². The molecule has 0 aliphatic rings. The minimum Gasteiger partial charge on any atom is -0.373 e. The Hall–Kier alpha value is -1.62. The summed E-state index contributed by atoms with van der Waals surface area (Å²) in [5.41, 5.74) is 0.